The van der Waals surface area contributed by atoms with E-state index in [4.69, 9.17) is 32.7 Å². The number of hydrogen-bond acceptors (Lipinski definition) is 7. The molecule has 3 rings (SSSR count). The zero-order chi connectivity index (χ0) is 18.0. The van der Waals surface area contributed by atoms with Crippen molar-refractivity contribution in [2.45, 2.75) is 6.92 Å². The number of rotatable bonds is 5. The number of ether oxygens (including phenoxy) is 2. The van der Waals surface area contributed by atoms with Crippen molar-refractivity contribution in [3.63, 3.8) is 0 Å². The van der Waals surface area contributed by atoms with Gasteiger partial charge in [-0.3, -0.25) is 4.98 Å². The molecule has 0 radical (unpaired) electrons. The molecule has 0 unspecified atom stereocenters. The number of aromatic nitrogens is 4. The molecule has 8 nitrogen and oxygen atoms in total. The number of fused-ring (bicyclic) bond motifs is 1. The van der Waals surface area contributed by atoms with Crippen LogP contribution in [0.1, 0.15) is 17.3 Å². The molecule has 0 bridgehead atoms. The molecule has 0 aliphatic carbocycles. The number of esters is 1. The molecule has 0 amide bonds. The second-order valence-electron chi connectivity index (χ2n) is 4.82. The van der Waals surface area contributed by atoms with Crippen LogP contribution >= 0.6 is 23.2 Å². The second kappa shape index (κ2) is 7.12. The van der Waals surface area contributed by atoms with Crippen molar-refractivity contribution in [1.29, 1.82) is 0 Å². The van der Waals surface area contributed by atoms with Gasteiger partial charge in [0, 0.05) is 12.4 Å². The zero-order valence-corrected chi connectivity index (χ0v) is 14.8. The highest BCUT2D eigenvalue weighted by Gasteiger charge is 2.18. The summed E-state index contributed by atoms with van der Waals surface area (Å²) in [5.74, 6) is -0.0467. The average Bonchev–Trinajstić information content (AvgIpc) is 2.98. The third kappa shape index (κ3) is 3.45. The third-order valence-corrected chi connectivity index (χ3v) is 3.79. The summed E-state index contributed by atoms with van der Waals surface area (Å²) >= 11 is 12.2. The monoisotopic (exact) mass is 381 g/mol. The number of halogens is 2. The summed E-state index contributed by atoms with van der Waals surface area (Å²) in [6, 6.07) is 1.54. The fraction of sp³-hybridized carbons (Fsp3) is 0.200. The van der Waals surface area contributed by atoms with Crippen LogP contribution in [0.5, 0.6) is 5.88 Å². The Balaban J connectivity index is 2.03. The maximum atomic E-state index is 11.9. The van der Waals surface area contributed by atoms with Crippen LogP contribution in [-0.4, -0.2) is 39.6 Å². The van der Waals surface area contributed by atoms with E-state index in [-0.39, 0.29) is 11.4 Å². The minimum atomic E-state index is -0.560. The Morgan fingerprint density at radius 3 is 2.64 bits per heavy atom. The summed E-state index contributed by atoms with van der Waals surface area (Å²) in [6.45, 7) is 2.14. The Morgan fingerprint density at radius 1 is 1.28 bits per heavy atom. The number of carbonyl (C=O) groups excluding carboxylic acids is 1. The average molecular weight is 382 g/mol. The molecule has 0 spiro atoms. The first kappa shape index (κ1) is 17.2. The third-order valence-electron chi connectivity index (χ3n) is 3.22. The first-order chi connectivity index (χ1) is 12.0. The van der Waals surface area contributed by atoms with E-state index < -0.39 is 5.97 Å². The predicted molar refractivity (Wildman–Crippen MR) is 93.9 cm³/mol. The summed E-state index contributed by atoms with van der Waals surface area (Å²) in [6.07, 6.45) is 2.92. The van der Waals surface area contributed by atoms with E-state index in [1.807, 2.05) is 0 Å². The lowest BCUT2D eigenvalue weighted by atomic mass is 10.2. The van der Waals surface area contributed by atoms with E-state index in [1.54, 1.807) is 6.92 Å². The van der Waals surface area contributed by atoms with Gasteiger partial charge in [-0.15, -0.1) is 0 Å². The lowest BCUT2D eigenvalue weighted by Crippen LogP contribution is -2.07. The smallest absolute Gasteiger partial charge is 0.343 e. The fourth-order valence-electron chi connectivity index (χ4n) is 2.13. The molecule has 0 aliphatic heterocycles. The Kier molecular flexibility index (Phi) is 4.91. The summed E-state index contributed by atoms with van der Waals surface area (Å²) < 4.78 is 10.2. The zero-order valence-electron chi connectivity index (χ0n) is 13.3. The molecule has 25 heavy (non-hydrogen) atoms. The van der Waals surface area contributed by atoms with Gasteiger partial charge in [0.2, 0.25) is 11.8 Å². The Bertz CT molecular complexity index is 924. The number of hydrogen-bond donors (Lipinski definition) is 2. The normalized spacial score (nSPS) is 10.7. The molecular formula is C15H13Cl2N5O3. The number of pyridine rings is 2. The minimum Gasteiger partial charge on any atom is -0.477 e. The summed E-state index contributed by atoms with van der Waals surface area (Å²) in [4.78, 5) is 27.4. The van der Waals surface area contributed by atoms with Crippen molar-refractivity contribution >= 4 is 52.0 Å². The molecule has 3 aromatic rings. The van der Waals surface area contributed by atoms with Crippen LogP contribution in [0, 0.1) is 0 Å². The summed E-state index contributed by atoms with van der Waals surface area (Å²) in [7, 11) is 1.28. The lowest BCUT2D eigenvalue weighted by Gasteiger charge is -2.06. The number of anilines is 2. The highest BCUT2D eigenvalue weighted by molar-refractivity contribution is 6.39. The molecule has 0 saturated carbocycles. The number of nitrogens with zero attached hydrogens (tertiary/aromatic N) is 3. The Labute approximate surface area is 152 Å². The number of methoxy groups -OCH3 is 1. The van der Waals surface area contributed by atoms with Gasteiger partial charge in [0.15, 0.2) is 5.65 Å². The second-order valence-corrected chi connectivity index (χ2v) is 5.64. The van der Waals surface area contributed by atoms with Gasteiger partial charge in [-0.2, -0.15) is 4.98 Å². The van der Waals surface area contributed by atoms with Crippen LogP contribution in [0.25, 0.3) is 11.2 Å². The topological polar surface area (TPSA) is 102 Å². The molecule has 0 atom stereocenters. The molecule has 0 fully saturated rings. The number of carbonyl (C=O) groups is 1. The minimum absolute atomic E-state index is 0.164. The fourth-order valence-corrected chi connectivity index (χ4v) is 2.59. The van der Waals surface area contributed by atoms with E-state index in [1.165, 1.54) is 25.6 Å². The van der Waals surface area contributed by atoms with Gasteiger partial charge in [-0.05, 0) is 13.0 Å². The number of nitrogens with one attached hydrogen (secondary N) is 2. The van der Waals surface area contributed by atoms with E-state index in [0.29, 0.717) is 39.5 Å². The number of aromatic amines is 1. The Morgan fingerprint density at radius 2 is 2.00 bits per heavy atom. The predicted octanol–water partition coefficient (Wildman–Crippen LogP) is 3.59. The van der Waals surface area contributed by atoms with Crippen molar-refractivity contribution in [1.82, 2.24) is 19.9 Å². The summed E-state index contributed by atoms with van der Waals surface area (Å²) in [5, 5.41) is 3.65. The highest BCUT2D eigenvalue weighted by atomic mass is 35.5. The van der Waals surface area contributed by atoms with Gasteiger partial charge in [0.05, 0.1) is 29.4 Å². The molecule has 3 heterocycles. The molecule has 0 aliphatic rings. The van der Waals surface area contributed by atoms with Crippen molar-refractivity contribution in [2.75, 3.05) is 19.0 Å². The van der Waals surface area contributed by atoms with Crippen molar-refractivity contribution in [2.24, 2.45) is 0 Å². The van der Waals surface area contributed by atoms with Gasteiger partial charge < -0.3 is 19.8 Å². The van der Waals surface area contributed by atoms with Crippen LogP contribution in [0.15, 0.2) is 18.5 Å². The van der Waals surface area contributed by atoms with Crippen LogP contribution in [0.4, 0.5) is 11.6 Å². The van der Waals surface area contributed by atoms with E-state index in [9.17, 15) is 4.79 Å². The summed E-state index contributed by atoms with van der Waals surface area (Å²) in [5.41, 5.74) is 1.53. The molecule has 3 aromatic heterocycles. The van der Waals surface area contributed by atoms with E-state index in [0.717, 1.165) is 0 Å². The van der Waals surface area contributed by atoms with Crippen molar-refractivity contribution < 1.29 is 14.3 Å². The maximum Gasteiger partial charge on any atom is 0.343 e. The number of H-pyrrole nitrogens is 1. The van der Waals surface area contributed by atoms with Crippen LogP contribution in [-0.2, 0) is 4.74 Å². The highest BCUT2D eigenvalue weighted by Crippen LogP contribution is 2.31. The first-order valence-electron chi connectivity index (χ1n) is 7.21. The lowest BCUT2D eigenvalue weighted by molar-refractivity contribution is 0.0595. The largest absolute Gasteiger partial charge is 0.477 e. The van der Waals surface area contributed by atoms with Gasteiger partial charge >= 0.3 is 5.97 Å². The van der Waals surface area contributed by atoms with E-state index in [2.05, 4.69) is 25.3 Å². The molecular weight excluding hydrogens is 369 g/mol. The first-order valence-corrected chi connectivity index (χ1v) is 7.97. The molecule has 0 saturated heterocycles. The van der Waals surface area contributed by atoms with Crippen LogP contribution in [0.3, 0.4) is 0 Å². The Hall–Kier alpha value is -2.58. The van der Waals surface area contributed by atoms with Crippen LogP contribution in [0.2, 0.25) is 10.0 Å². The van der Waals surface area contributed by atoms with Gasteiger partial charge in [-0.25, -0.2) is 9.78 Å². The van der Waals surface area contributed by atoms with Gasteiger partial charge in [-0.1, -0.05) is 23.2 Å². The molecule has 10 heteroatoms. The van der Waals surface area contributed by atoms with Gasteiger partial charge in [0.25, 0.3) is 0 Å². The molecule has 2 N–H and O–H groups in total. The van der Waals surface area contributed by atoms with Crippen molar-refractivity contribution in [3.8, 4) is 5.88 Å². The molecule has 0 aromatic carbocycles. The standard InChI is InChI=1S/C15H13Cl2N5O3/c1-3-25-13-7(14(23)24-2)4-10-12(21-13)22-15(19-10)20-11-8(16)5-18-6-9(11)17/h4-6H,3H2,1-2H3,(H2,18,19,20,21,22). The maximum absolute atomic E-state index is 11.9. The quantitative estimate of drug-likeness (QED) is 0.650. The van der Waals surface area contributed by atoms with Crippen LogP contribution < -0.4 is 10.1 Å². The van der Waals surface area contributed by atoms with Crippen molar-refractivity contribution in [3.05, 3.63) is 34.1 Å². The number of imidazole rings is 1. The molecule has 130 valence electrons. The van der Waals surface area contributed by atoms with E-state index >= 15 is 0 Å². The van der Waals surface area contributed by atoms with Gasteiger partial charge in [0.1, 0.15) is 11.1 Å². The SMILES string of the molecule is CCOc1nc2[nH]c(Nc3c(Cl)cncc3Cl)nc2cc1C(=O)OC.